The Kier molecular flexibility index (Phi) is 6.61. The van der Waals surface area contributed by atoms with E-state index in [1.807, 2.05) is 30.3 Å². The summed E-state index contributed by atoms with van der Waals surface area (Å²) in [5.41, 5.74) is 0. The Bertz CT molecular complexity index is 731. The number of hydrogen-bond acceptors (Lipinski definition) is 3. The fourth-order valence-corrected chi connectivity index (χ4v) is 2.49. The van der Waals surface area contributed by atoms with Crippen LogP contribution in [0.15, 0.2) is 40.9 Å². The summed E-state index contributed by atoms with van der Waals surface area (Å²) >= 11 is 3.43. The van der Waals surface area contributed by atoms with E-state index in [0.29, 0.717) is 18.2 Å². The zero-order valence-corrected chi connectivity index (χ0v) is 15.4. The molecule has 2 rings (SSSR count). The van der Waals surface area contributed by atoms with Gasteiger partial charge in [-0.25, -0.2) is 4.79 Å². The molecule has 3 amide bonds. The lowest BCUT2D eigenvalue weighted by Crippen LogP contribution is -2.42. The molecule has 6 heteroatoms. The van der Waals surface area contributed by atoms with E-state index in [1.165, 1.54) is 0 Å². The Morgan fingerprint density at radius 2 is 1.83 bits per heavy atom. The highest BCUT2D eigenvalue weighted by molar-refractivity contribution is 9.10. The van der Waals surface area contributed by atoms with E-state index in [1.54, 1.807) is 6.07 Å². The van der Waals surface area contributed by atoms with Crippen molar-refractivity contribution in [3.63, 3.8) is 0 Å². The van der Waals surface area contributed by atoms with Crippen LogP contribution in [0.5, 0.6) is 5.75 Å². The molecule has 0 bridgehead atoms. The molecule has 2 N–H and O–H groups in total. The molecule has 0 aliphatic heterocycles. The Labute approximate surface area is 149 Å². The summed E-state index contributed by atoms with van der Waals surface area (Å²) < 4.78 is 6.45. The number of rotatable bonds is 6. The summed E-state index contributed by atoms with van der Waals surface area (Å²) in [4.78, 5) is 23.3. The fraction of sp³-hybridized carbons (Fsp3) is 0.333. The molecule has 128 valence electrons. The number of nitrogens with one attached hydrogen (secondary N) is 2. The molecule has 2 aromatic carbocycles. The van der Waals surface area contributed by atoms with Crippen LogP contribution >= 0.6 is 15.9 Å². The normalized spacial score (nSPS) is 10.7. The fourth-order valence-electron chi connectivity index (χ4n) is 2.11. The Balaban J connectivity index is 1.81. The first-order chi connectivity index (χ1) is 11.4. The van der Waals surface area contributed by atoms with Crippen molar-refractivity contribution >= 4 is 38.6 Å². The van der Waals surface area contributed by atoms with E-state index < -0.39 is 11.9 Å². The van der Waals surface area contributed by atoms with Gasteiger partial charge in [-0.3, -0.25) is 10.1 Å². The zero-order valence-electron chi connectivity index (χ0n) is 13.8. The van der Waals surface area contributed by atoms with Crippen molar-refractivity contribution in [2.75, 3.05) is 13.2 Å². The van der Waals surface area contributed by atoms with Gasteiger partial charge in [-0.1, -0.05) is 41.9 Å². The van der Waals surface area contributed by atoms with E-state index in [0.717, 1.165) is 21.7 Å². The molecule has 24 heavy (non-hydrogen) atoms. The lowest BCUT2D eigenvalue weighted by molar-refractivity contribution is -0.122. The Hall–Kier alpha value is -2.08. The van der Waals surface area contributed by atoms with Gasteiger partial charge in [0.1, 0.15) is 5.75 Å². The second-order valence-electron chi connectivity index (χ2n) is 5.93. The summed E-state index contributed by atoms with van der Waals surface area (Å²) in [6.07, 6.45) is 0.866. The van der Waals surface area contributed by atoms with Crippen LogP contribution in [-0.2, 0) is 4.79 Å². The van der Waals surface area contributed by atoms with E-state index in [-0.39, 0.29) is 6.61 Å². The smallest absolute Gasteiger partial charge is 0.321 e. The molecule has 0 saturated carbocycles. The standard InChI is InChI=1S/C18H21BrN2O3/c1-12(2)7-8-20-18(23)21-17(22)11-24-16-6-4-13-9-15(19)5-3-14(13)10-16/h3-6,9-10,12H,7-8,11H2,1-2H3,(H2,20,21,22,23). The highest BCUT2D eigenvalue weighted by atomic mass is 79.9. The van der Waals surface area contributed by atoms with Crippen LogP contribution in [0.2, 0.25) is 0 Å². The molecule has 0 unspecified atom stereocenters. The summed E-state index contributed by atoms with van der Waals surface area (Å²) in [6.45, 7) is 4.47. The summed E-state index contributed by atoms with van der Waals surface area (Å²) in [5, 5.41) is 6.98. The molecule has 5 nitrogen and oxygen atoms in total. The first-order valence-corrected chi connectivity index (χ1v) is 8.63. The quantitative estimate of drug-likeness (QED) is 0.784. The number of carbonyl (C=O) groups excluding carboxylic acids is 2. The minimum Gasteiger partial charge on any atom is -0.484 e. The topological polar surface area (TPSA) is 67.4 Å². The van der Waals surface area contributed by atoms with Gasteiger partial charge in [0.2, 0.25) is 0 Å². The van der Waals surface area contributed by atoms with Gasteiger partial charge in [0, 0.05) is 11.0 Å². The number of amides is 3. The monoisotopic (exact) mass is 392 g/mol. The molecule has 0 fully saturated rings. The minimum absolute atomic E-state index is 0.209. The molecule has 0 atom stereocenters. The third kappa shape index (κ3) is 5.85. The van der Waals surface area contributed by atoms with Crippen molar-refractivity contribution in [2.45, 2.75) is 20.3 Å². The van der Waals surface area contributed by atoms with Crippen LogP contribution in [0.25, 0.3) is 10.8 Å². The molecular weight excluding hydrogens is 372 g/mol. The first-order valence-electron chi connectivity index (χ1n) is 7.84. The predicted molar refractivity (Wildman–Crippen MR) is 98.1 cm³/mol. The zero-order chi connectivity index (χ0) is 17.5. The molecule has 0 heterocycles. The largest absolute Gasteiger partial charge is 0.484 e. The maximum Gasteiger partial charge on any atom is 0.321 e. The second-order valence-corrected chi connectivity index (χ2v) is 6.84. The van der Waals surface area contributed by atoms with E-state index in [2.05, 4.69) is 40.4 Å². The molecule has 0 aromatic heterocycles. The molecule has 0 radical (unpaired) electrons. The third-order valence-corrected chi connectivity index (χ3v) is 3.90. The molecule has 2 aromatic rings. The number of halogens is 1. The van der Waals surface area contributed by atoms with Crippen molar-refractivity contribution in [3.05, 3.63) is 40.9 Å². The van der Waals surface area contributed by atoms with Crippen LogP contribution in [0.4, 0.5) is 4.79 Å². The highest BCUT2D eigenvalue weighted by Crippen LogP contribution is 2.24. The highest BCUT2D eigenvalue weighted by Gasteiger charge is 2.08. The van der Waals surface area contributed by atoms with Crippen LogP contribution < -0.4 is 15.4 Å². The Morgan fingerprint density at radius 1 is 1.12 bits per heavy atom. The van der Waals surface area contributed by atoms with Crippen molar-refractivity contribution in [1.82, 2.24) is 10.6 Å². The van der Waals surface area contributed by atoms with Crippen molar-refractivity contribution in [1.29, 1.82) is 0 Å². The van der Waals surface area contributed by atoms with Crippen molar-refractivity contribution < 1.29 is 14.3 Å². The SMILES string of the molecule is CC(C)CCNC(=O)NC(=O)COc1ccc2cc(Br)ccc2c1. The number of imide groups is 1. The summed E-state index contributed by atoms with van der Waals surface area (Å²) in [6, 6.07) is 11.0. The van der Waals surface area contributed by atoms with Gasteiger partial charge >= 0.3 is 6.03 Å². The van der Waals surface area contributed by atoms with E-state index in [4.69, 9.17) is 4.74 Å². The third-order valence-electron chi connectivity index (χ3n) is 3.40. The van der Waals surface area contributed by atoms with Crippen LogP contribution in [0.3, 0.4) is 0 Å². The minimum atomic E-state index is -0.493. The number of hydrogen-bond donors (Lipinski definition) is 2. The second kappa shape index (κ2) is 8.68. The predicted octanol–water partition coefficient (Wildman–Crippen LogP) is 3.85. The number of benzene rings is 2. The lowest BCUT2D eigenvalue weighted by Gasteiger charge is -2.09. The number of ether oxygens (including phenoxy) is 1. The van der Waals surface area contributed by atoms with Gasteiger partial charge in [-0.15, -0.1) is 0 Å². The van der Waals surface area contributed by atoms with Crippen LogP contribution in [0, 0.1) is 5.92 Å². The maximum atomic E-state index is 11.7. The van der Waals surface area contributed by atoms with Gasteiger partial charge in [-0.05, 0) is 47.4 Å². The molecule has 0 aliphatic carbocycles. The van der Waals surface area contributed by atoms with Gasteiger partial charge < -0.3 is 10.1 Å². The molecular formula is C18H21BrN2O3. The summed E-state index contributed by atoms with van der Waals surface area (Å²) in [5.74, 6) is 0.603. The maximum absolute atomic E-state index is 11.7. The van der Waals surface area contributed by atoms with Gasteiger partial charge in [0.15, 0.2) is 6.61 Å². The first kappa shape index (κ1) is 18.3. The van der Waals surface area contributed by atoms with Crippen molar-refractivity contribution in [3.8, 4) is 5.75 Å². The average molecular weight is 393 g/mol. The molecule has 0 spiro atoms. The number of urea groups is 1. The van der Waals surface area contributed by atoms with E-state index in [9.17, 15) is 9.59 Å². The van der Waals surface area contributed by atoms with Gasteiger partial charge in [0.05, 0.1) is 0 Å². The lowest BCUT2D eigenvalue weighted by atomic mass is 10.1. The van der Waals surface area contributed by atoms with Crippen LogP contribution in [0.1, 0.15) is 20.3 Å². The van der Waals surface area contributed by atoms with Crippen LogP contribution in [-0.4, -0.2) is 25.1 Å². The molecule has 0 saturated heterocycles. The molecule has 0 aliphatic rings. The summed E-state index contributed by atoms with van der Waals surface area (Å²) in [7, 11) is 0. The van der Waals surface area contributed by atoms with Gasteiger partial charge in [-0.2, -0.15) is 0 Å². The van der Waals surface area contributed by atoms with E-state index >= 15 is 0 Å². The Morgan fingerprint density at radius 3 is 2.58 bits per heavy atom. The van der Waals surface area contributed by atoms with Crippen molar-refractivity contribution in [2.24, 2.45) is 5.92 Å². The average Bonchev–Trinajstić information content (AvgIpc) is 2.52. The van der Waals surface area contributed by atoms with Gasteiger partial charge in [0.25, 0.3) is 5.91 Å². The number of carbonyl (C=O) groups is 2. The number of fused-ring (bicyclic) bond motifs is 1.